The van der Waals surface area contributed by atoms with E-state index in [4.69, 9.17) is 9.47 Å². The molecule has 6 atom stereocenters. The maximum Gasteiger partial charge on any atom is 0.188 e. The van der Waals surface area contributed by atoms with Crippen LogP contribution >= 0.6 is 0 Å². The third-order valence-electron chi connectivity index (χ3n) is 7.16. The molecule has 1 aliphatic carbocycles. The van der Waals surface area contributed by atoms with Crippen molar-refractivity contribution in [2.75, 3.05) is 7.11 Å². The van der Waals surface area contributed by atoms with Gasteiger partial charge in [0.05, 0.1) is 12.2 Å². The molecule has 5 heteroatoms. The predicted molar refractivity (Wildman–Crippen MR) is 113 cm³/mol. The second-order valence-electron chi connectivity index (χ2n) is 9.91. The summed E-state index contributed by atoms with van der Waals surface area (Å²) in [5.74, 6) is 0.970. The standard InChI is InChI=1S/C22H42O4Si/c1-7-8-9-10-16(15-22(2,3)27(5,6)24)11-12-17-18-13-21(25-4)26-20(18)14-19(17)23/h11-12,16-21,23-24H,7-10,13-15H2,1-6H3/b12-11+/t16-,17+,18+,19+,20-,21?/m0/s1. The van der Waals surface area contributed by atoms with E-state index in [1.165, 1.54) is 19.3 Å². The lowest BCUT2D eigenvalue weighted by atomic mass is 9.87. The number of fused-ring (bicyclic) bond motifs is 1. The van der Waals surface area contributed by atoms with Gasteiger partial charge in [-0.2, -0.15) is 0 Å². The predicted octanol–water partition coefficient (Wildman–Crippen LogP) is 4.87. The van der Waals surface area contributed by atoms with E-state index in [-0.39, 0.29) is 29.5 Å². The van der Waals surface area contributed by atoms with Gasteiger partial charge in [0.15, 0.2) is 14.6 Å². The molecule has 4 nitrogen and oxygen atoms in total. The number of aliphatic hydroxyl groups is 1. The van der Waals surface area contributed by atoms with Crippen molar-refractivity contribution >= 4 is 8.32 Å². The molecular formula is C22H42O4Si. The Hall–Kier alpha value is -0.203. The largest absolute Gasteiger partial charge is 0.432 e. The Bertz CT molecular complexity index is 485. The number of rotatable bonds is 10. The zero-order valence-corrected chi connectivity index (χ0v) is 19.3. The maximum absolute atomic E-state index is 10.7. The molecule has 27 heavy (non-hydrogen) atoms. The Morgan fingerprint density at radius 1 is 1.26 bits per heavy atom. The van der Waals surface area contributed by atoms with Crippen LogP contribution in [0.25, 0.3) is 0 Å². The van der Waals surface area contributed by atoms with Crippen LogP contribution < -0.4 is 0 Å². The van der Waals surface area contributed by atoms with Crippen LogP contribution in [-0.4, -0.2) is 43.8 Å². The van der Waals surface area contributed by atoms with Gasteiger partial charge in [-0.15, -0.1) is 0 Å². The lowest BCUT2D eigenvalue weighted by Crippen LogP contribution is -2.40. The van der Waals surface area contributed by atoms with Crippen LogP contribution in [0.15, 0.2) is 12.2 Å². The van der Waals surface area contributed by atoms with E-state index < -0.39 is 8.32 Å². The van der Waals surface area contributed by atoms with Gasteiger partial charge in [0.25, 0.3) is 0 Å². The summed E-state index contributed by atoms with van der Waals surface area (Å²) < 4.78 is 11.3. The van der Waals surface area contributed by atoms with Crippen LogP contribution in [0.5, 0.6) is 0 Å². The fraction of sp³-hybridized carbons (Fsp3) is 0.909. The highest BCUT2D eigenvalue weighted by atomic mass is 28.4. The molecule has 1 saturated heterocycles. The number of methoxy groups -OCH3 is 1. The van der Waals surface area contributed by atoms with Gasteiger partial charge in [-0.25, -0.2) is 0 Å². The van der Waals surface area contributed by atoms with Crippen LogP contribution in [-0.2, 0) is 9.47 Å². The first-order valence-electron chi connectivity index (χ1n) is 10.9. The summed E-state index contributed by atoms with van der Waals surface area (Å²) >= 11 is 0. The fourth-order valence-electron chi connectivity index (χ4n) is 4.58. The summed E-state index contributed by atoms with van der Waals surface area (Å²) in [6.45, 7) is 10.8. The number of hydrogen-bond acceptors (Lipinski definition) is 4. The monoisotopic (exact) mass is 398 g/mol. The van der Waals surface area contributed by atoms with E-state index in [0.29, 0.717) is 18.3 Å². The summed E-state index contributed by atoms with van der Waals surface area (Å²) in [7, 11) is -0.531. The Kier molecular flexibility index (Phi) is 8.15. The smallest absolute Gasteiger partial charge is 0.188 e. The molecule has 1 unspecified atom stereocenters. The van der Waals surface area contributed by atoms with E-state index >= 15 is 0 Å². The molecule has 2 fully saturated rings. The summed E-state index contributed by atoms with van der Waals surface area (Å²) in [5.41, 5.74) is 0. The van der Waals surface area contributed by atoms with Gasteiger partial charge in [0.2, 0.25) is 0 Å². The Labute approximate surface area is 167 Å². The molecule has 158 valence electrons. The first kappa shape index (κ1) is 23.1. The first-order valence-corrected chi connectivity index (χ1v) is 13.8. The average Bonchev–Trinajstić information content (AvgIpc) is 3.08. The zero-order valence-electron chi connectivity index (χ0n) is 18.3. The fourth-order valence-corrected chi connectivity index (χ4v) is 5.34. The lowest BCUT2D eigenvalue weighted by Gasteiger charge is -2.37. The summed E-state index contributed by atoms with van der Waals surface area (Å²) in [4.78, 5) is 10.7. The highest BCUT2D eigenvalue weighted by molar-refractivity contribution is 6.72. The summed E-state index contributed by atoms with van der Waals surface area (Å²) in [6, 6.07) is 0. The van der Waals surface area contributed by atoms with Gasteiger partial charge in [0.1, 0.15) is 0 Å². The second kappa shape index (κ2) is 9.53. The minimum atomic E-state index is -2.22. The molecule has 2 rings (SSSR count). The number of unbranched alkanes of at least 4 members (excludes halogenated alkanes) is 2. The molecule has 0 radical (unpaired) electrons. The molecule has 1 aliphatic heterocycles. The van der Waals surface area contributed by atoms with Crippen molar-refractivity contribution in [3.63, 3.8) is 0 Å². The summed E-state index contributed by atoms with van der Waals surface area (Å²) in [5, 5.41) is 10.5. The van der Waals surface area contributed by atoms with E-state index in [0.717, 1.165) is 19.3 Å². The minimum Gasteiger partial charge on any atom is -0.432 e. The topological polar surface area (TPSA) is 58.9 Å². The van der Waals surface area contributed by atoms with E-state index in [2.05, 4.69) is 32.9 Å². The average molecular weight is 399 g/mol. The molecular weight excluding hydrogens is 356 g/mol. The van der Waals surface area contributed by atoms with Crippen molar-refractivity contribution in [3.05, 3.63) is 12.2 Å². The number of hydrogen-bond donors (Lipinski definition) is 2. The molecule has 0 aromatic carbocycles. The van der Waals surface area contributed by atoms with E-state index in [9.17, 15) is 9.90 Å². The lowest BCUT2D eigenvalue weighted by molar-refractivity contribution is -0.118. The van der Waals surface area contributed by atoms with Crippen molar-refractivity contribution in [2.24, 2.45) is 17.8 Å². The van der Waals surface area contributed by atoms with Crippen molar-refractivity contribution < 1.29 is 19.4 Å². The maximum atomic E-state index is 10.7. The van der Waals surface area contributed by atoms with Crippen LogP contribution in [0, 0.1) is 17.8 Å². The second-order valence-corrected chi connectivity index (χ2v) is 14.4. The van der Waals surface area contributed by atoms with Crippen LogP contribution in [0.3, 0.4) is 0 Å². The molecule has 2 aliphatic rings. The van der Waals surface area contributed by atoms with Crippen molar-refractivity contribution in [2.45, 2.75) is 102 Å². The third-order valence-corrected chi connectivity index (χ3v) is 10.7. The van der Waals surface area contributed by atoms with E-state index in [1.807, 2.05) is 13.1 Å². The van der Waals surface area contributed by atoms with Gasteiger partial charge in [0, 0.05) is 25.9 Å². The van der Waals surface area contributed by atoms with Gasteiger partial charge in [-0.1, -0.05) is 52.2 Å². The van der Waals surface area contributed by atoms with Gasteiger partial charge in [-0.3, -0.25) is 0 Å². The number of aliphatic hydroxyl groups excluding tert-OH is 1. The summed E-state index contributed by atoms with van der Waals surface area (Å²) in [6.07, 6.45) is 11.7. The normalized spacial score (nSPS) is 33.0. The molecule has 0 spiro atoms. The Morgan fingerprint density at radius 2 is 1.96 bits per heavy atom. The molecule has 0 amide bonds. The molecule has 2 N–H and O–H groups in total. The highest BCUT2D eigenvalue weighted by Crippen LogP contribution is 2.46. The molecule has 0 bridgehead atoms. The molecule has 0 aromatic rings. The molecule has 0 aromatic heterocycles. The molecule has 1 saturated carbocycles. The minimum absolute atomic E-state index is 0.0251. The first-order chi connectivity index (χ1) is 12.6. The molecule has 1 heterocycles. The van der Waals surface area contributed by atoms with Crippen LogP contribution in [0.2, 0.25) is 18.1 Å². The van der Waals surface area contributed by atoms with Crippen molar-refractivity contribution in [1.82, 2.24) is 0 Å². The third kappa shape index (κ3) is 5.89. The Morgan fingerprint density at radius 3 is 2.56 bits per heavy atom. The van der Waals surface area contributed by atoms with Gasteiger partial charge in [-0.05, 0) is 42.8 Å². The Balaban J connectivity index is 2.06. The number of allylic oxidation sites excluding steroid dienone is 1. The van der Waals surface area contributed by atoms with Gasteiger partial charge < -0.3 is 19.4 Å². The van der Waals surface area contributed by atoms with Crippen LogP contribution in [0.4, 0.5) is 0 Å². The quantitative estimate of drug-likeness (QED) is 0.313. The van der Waals surface area contributed by atoms with E-state index in [1.54, 1.807) is 7.11 Å². The van der Waals surface area contributed by atoms with Crippen molar-refractivity contribution in [1.29, 1.82) is 0 Å². The zero-order chi connectivity index (χ0) is 20.2. The SMILES string of the molecule is CCCCC[C@@H](/C=C/[C@@H]1[C@H]2CC(OC)O[C@H]2C[C@H]1O)CC(C)(C)[Si](C)(C)O. The van der Waals surface area contributed by atoms with Crippen LogP contribution in [0.1, 0.15) is 65.7 Å². The highest BCUT2D eigenvalue weighted by Gasteiger charge is 2.48. The van der Waals surface area contributed by atoms with Gasteiger partial charge >= 0.3 is 0 Å². The van der Waals surface area contributed by atoms with Crippen molar-refractivity contribution in [3.8, 4) is 0 Å². The number of ether oxygens (including phenoxy) is 2.